The third-order valence-electron chi connectivity index (χ3n) is 2.19. The van der Waals surface area contributed by atoms with Gasteiger partial charge in [0.05, 0.1) is 11.2 Å². The summed E-state index contributed by atoms with van der Waals surface area (Å²) in [6.45, 7) is 8.97. The van der Waals surface area contributed by atoms with Gasteiger partial charge in [-0.15, -0.1) is 11.3 Å². The van der Waals surface area contributed by atoms with Crippen molar-refractivity contribution in [3.8, 4) is 0 Å². The zero-order valence-electron chi connectivity index (χ0n) is 7.59. The van der Waals surface area contributed by atoms with Crippen molar-refractivity contribution in [1.29, 1.82) is 0 Å². The fourth-order valence-corrected chi connectivity index (χ4v) is 1.53. The summed E-state index contributed by atoms with van der Waals surface area (Å²) in [5.41, 5.74) is 3.45. The van der Waals surface area contributed by atoms with Gasteiger partial charge in [0.15, 0.2) is 0 Å². The first-order valence-corrected chi connectivity index (χ1v) is 4.84. The molecule has 62 valence electrons. The normalized spacial score (nSPS) is 14.9. The van der Waals surface area contributed by atoms with E-state index in [4.69, 9.17) is 0 Å². The van der Waals surface area contributed by atoms with Gasteiger partial charge in [0.1, 0.15) is 0 Å². The second-order valence-electron chi connectivity index (χ2n) is 4.00. The lowest BCUT2D eigenvalue weighted by molar-refractivity contribution is 0.335. The van der Waals surface area contributed by atoms with Crippen LogP contribution in [-0.4, -0.2) is 4.98 Å². The van der Waals surface area contributed by atoms with E-state index in [1.54, 1.807) is 11.3 Å². The number of aromatic nitrogens is 1. The Hall–Kier alpha value is -0.370. The van der Waals surface area contributed by atoms with Crippen molar-refractivity contribution in [3.05, 3.63) is 16.6 Å². The van der Waals surface area contributed by atoms with Gasteiger partial charge in [-0.2, -0.15) is 0 Å². The second kappa shape index (κ2) is 2.94. The summed E-state index contributed by atoms with van der Waals surface area (Å²) in [4.78, 5) is 4.30. The molecule has 2 heteroatoms. The Kier molecular flexibility index (Phi) is 2.33. The third-order valence-corrected chi connectivity index (χ3v) is 2.80. The molecule has 0 bridgehead atoms. The Morgan fingerprint density at radius 1 is 1.45 bits per heavy atom. The largest absolute Gasteiger partial charge is 0.249 e. The molecule has 0 saturated carbocycles. The molecule has 0 aromatic carbocycles. The Morgan fingerprint density at radius 2 is 2.09 bits per heavy atom. The van der Waals surface area contributed by atoms with E-state index >= 15 is 0 Å². The van der Waals surface area contributed by atoms with Crippen LogP contribution in [0.4, 0.5) is 0 Å². The smallest absolute Gasteiger partial charge is 0.0794 e. The van der Waals surface area contributed by atoms with Crippen LogP contribution in [0.3, 0.4) is 0 Å². The quantitative estimate of drug-likeness (QED) is 0.628. The minimum Gasteiger partial charge on any atom is -0.249 e. The van der Waals surface area contributed by atoms with Gasteiger partial charge in [-0.25, -0.2) is 4.98 Å². The van der Waals surface area contributed by atoms with Crippen LogP contribution in [0.5, 0.6) is 0 Å². The lowest BCUT2D eigenvalue weighted by atomic mass is 9.80. The average Bonchev–Trinajstić information content (AvgIpc) is 2.34. The Balaban J connectivity index is 2.78. The summed E-state index contributed by atoms with van der Waals surface area (Å²) in [5, 5.41) is 2.13. The van der Waals surface area contributed by atoms with Gasteiger partial charge < -0.3 is 0 Å². The van der Waals surface area contributed by atoms with Crippen LogP contribution < -0.4 is 0 Å². The maximum Gasteiger partial charge on any atom is 0.0794 e. The zero-order valence-corrected chi connectivity index (χ0v) is 8.40. The Morgan fingerprint density at radius 3 is 2.45 bits per heavy atom. The number of rotatable bonds is 1. The van der Waals surface area contributed by atoms with Crippen molar-refractivity contribution in [3.63, 3.8) is 0 Å². The molecule has 1 unspecified atom stereocenters. The molecule has 0 radical (unpaired) electrons. The molecule has 0 spiro atoms. The second-order valence-corrected chi connectivity index (χ2v) is 4.72. The molecular weight excluding hydrogens is 154 g/mol. The van der Waals surface area contributed by atoms with Gasteiger partial charge in [-0.3, -0.25) is 0 Å². The SMILES string of the molecule is CC(c1cscn1)C(C)(C)C. The van der Waals surface area contributed by atoms with E-state index in [2.05, 4.69) is 38.1 Å². The van der Waals surface area contributed by atoms with Crippen LogP contribution >= 0.6 is 11.3 Å². The molecule has 0 aliphatic heterocycles. The third kappa shape index (κ3) is 2.03. The summed E-state index contributed by atoms with van der Waals surface area (Å²) < 4.78 is 0. The summed E-state index contributed by atoms with van der Waals surface area (Å²) in [6.07, 6.45) is 0. The number of hydrogen-bond donors (Lipinski definition) is 0. The lowest BCUT2D eigenvalue weighted by Gasteiger charge is -2.25. The van der Waals surface area contributed by atoms with E-state index in [-0.39, 0.29) is 0 Å². The van der Waals surface area contributed by atoms with Crippen LogP contribution in [0, 0.1) is 5.41 Å². The minimum absolute atomic E-state index is 0.327. The van der Waals surface area contributed by atoms with Crippen molar-refractivity contribution in [2.75, 3.05) is 0 Å². The molecule has 1 nitrogen and oxygen atoms in total. The van der Waals surface area contributed by atoms with Gasteiger partial charge in [-0.05, 0) is 5.41 Å². The molecule has 0 amide bonds. The molecule has 0 fully saturated rings. The van der Waals surface area contributed by atoms with Crippen molar-refractivity contribution in [1.82, 2.24) is 4.98 Å². The molecular formula is C9H15NS. The summed E-state index contributed by atoms with van der Waals surface area (Å²) >= 11 is 1.67. The molecule has 1 atom stereocenters. The fourth-order valence-electron chi connectivity index (χ4n) is 0.879. The number of hydrogen-bond acceptors (Lipinski definition) is 2. The highest BCUT2D eigenvalue weighted by Gasteiger charge is 2.22. The molecule has 1 heterocycles. The van der Waals surface area contributed by atoms with Gasteiger partial charge >= 0.3 is 0 Å². The first-order chi connectivity index (χ1) is 5.02. The molecule has 0 aliphatic rings. The number of thiazole rings is 1. The molecule has 1 rings (SSSR count). The summed E-state index contributed by atoms with van der Waals surface area (Å²) in [6, 6.07) is 0. The van der Waals surface area contributed by atoms with Gasteiger partial charge in [-0.1, -0.05) is 27.7 Å². The first-order valence-electron chi connectivity index (χ1n) is 3.90. The Labute approximate surface area is 72.5 Å². The van der Waals surface area contributed by atoms with Crippen LogP contribution in [-0.2, 0) is 0 Å². The standard InChI is InChI=1S/C9H15NS/c1-7(9(2,3)4)8-5-11-6-10-8/h5-7H,1-4H3. The predicted octanol–water partition coefficient (Wildman–Crippen LogP) is 3.29. The monoisotopic (exact) mass is 169 g/mol. The number of nitrogens with zero attached hydrogens (tertiary/aromatic N) is 1. The van der Waals surface area contributed by atoms with E-state index < -0.39 is 0 Å². The topological polar surface area (TPSA) is 12.9 Å². The van der Waals surface area contributed by atoms with Gasteiger partial charge in [0.2, 0.25) is 0 Å². The maximum absolute atomic E-state index is 4.30. The lowest BCUT2D eigenvalue weighted by Crippen LogP contribution is -2.15. The predicted molar refractivity (Wildman–Crippen MR) is 50.0 cm³/mol. The van der Waals surface area contributed by atoms with E-state index in [0.29, 0.717) is 11.3 Å². The average molecular weight is 169 g/mol. The highest BCUT2D eigenvalue weighted by atomic mass is 32.1. The summed E-state index contributed by atoms with van der Waals surface area (Å²) in [7, 11) is 0. The Bertz CT molecular complexity index is 208. The van der Waals surface area contributed by atoms with Gasteiger partial charge in [0.25, 0.3) is 0 Å². The fraction of sp³-hybridized carbons (Fsp3) is 0.667. The highest BCUT2D eigenvalue weighted by Crippen LogP contribution is 2.33. The van der Waals surface area contributed by atoms with E-state index in [1.165, 1.54) is 5.69 Å². The van der Waals surface area contributed by atoms with Crippen molar-refractivity contribution in [2.45, 2.75) is 33.6 Å². The molecule has 1 aromatic heterocycles. The zero-order chi connectivity index (χ0) is 8.48. The minimum atomic E-state index is 0.327. The molecule has 11 heavy (non-hydrogen) atoms. The van der Waals surface area contributed by atoms with Crippen molar-refractivity contribution < 1.29 is 0 Å². The molecule has 0 saturated heterocycles. The molecule has 0 aliphatic carbocycles. The highest BCUT2D eigenvalue weighted by molar-refractivity contribution is 7.07. The molecule has 0 N–H and O–H groups in total. The van der Waals surface area contributed by atoms with Crippen molar-refractivity contribution >= 4 is 11.3 Å². The van der Waals surface area contributed by atoms with Crippen LogP contribution in [0.25, 0.3) is 0 Å². The van der Waals surface area contributed by atoms with Crippen LogP contribution in [0.15, 0.2) is 10.9 Å². The maximum atomic E-state index is 4.30. The first kappa shape index (κ1) is 8.72. The van der Waals surface area contributed by atoms with E-state index in [9.17, 15) is 0 Å². The van der Waals surface area contributed by atoms with Crippen LogP contribution in [0.2, 0.25) is 0 Å². The van der Waals surface area contributed by atoms with Crippen LogP contribution in [0.1, 0.15) is 39.3 Å². The van der Waals surface area contributed by atoms with Gasteiger partial charge in [0, 0.05) is 11.3 Å². The van der Waals surface area contributed by atoms with E-state index in [1.807, 2.05) is 5.51 Å². The van der Waals surface area contributed by atoms with E-state index in [0.717, 1.165) is 0 Å². The summed E-state index contributed by atoms with van der Waals surface area (Å²) in [5.74, 6) is 0.550. The molecule has 1 aromatic rings. The van der Waals surface area contributed by atoms with Crippen molar-refractivity contribution in [2.24, 2.45) is 5.41 Å².